The Morgan fingerprint density at radius 2 is 1.83 bits per heavy atom. The lowest BCUT2D eigenvalue weighted by atomic mass is 10.0. The van der Waals surface area contributed by atoms with Crippen LogP contribution in [0.1, 0.15) is 16.7 Å². The minimum atomic E-state index is -1.07. The first-order valence-corrected chi connectivity index (χ1v) is 10.1. The molecule has 1 heterocycles. The number of aliphatic carboxylic acids is 1. The summed E-state index contributed by atoms with van der Waals surface area (Å²) >= 11 is 4.25. The molecule has 1 amide bonds. The van der Waals surface area contributed by atoms with Crippen molar-refractivity contribution in [1.29, 1.82) is 0 Å². The molecule has 1 unspecified atom stereocenters. The molecule has 1 aromatic heterocycles. The van der Waals surface area contributed by atoms with E-state index in [-0.39, 0.29) is 18.1 Å². The highest BCUT2D eigenvalue weighted by Crippen LogP contribution is 2.19. The Kier molecular flexibility index (Phi) is 6.95. The molecule has 0 aliphatic rings. The summed E-state index contributed by atoms with van der Waals surface area (Å²) in [6, 6.07) is 14.1. The van der Waals surface area contributed by atoms with E-state index in [2.05, 4.69) is 28.2 Å². The van der Waals surface area contributed by atoms with Gasteiger partial charge in [0, 0.05) is 35.8 Å². The maximum Gasteiger partial charge on any atom is 0.326 e. The molecule has 0 radical (unpaired) electrons. The zero-order valence-electron chi connectivity index (χ0n) is 16.2. The molecule has 3 rings (SSSR count). The summed E-state index contributed by atoms with van der Waals surface area (Å²) in [5.74, 6) is -1.18. The van der Waals surface area contributed by atoms with Gasteiger partial charge >= 0.3 is 5.97 Å². The number of hydrogen-bond donors (Lipinski definition) is 5. The second-order valence-corrected chi connectivity index (χ2v) is 7.43. The van der Waals surface area contributed by atoms with Gasteiger partial charge in [-0.2, -0.15) is 12.6 Å². The van der Waals surface area contributed by atoms with Gasteiger partial charge in [-0.15, -0.1) is 0 Å². The second kappa shape index (κ2) is 9.62. The predicted molar refractivity (Wildman–Crippen MR) is 117 cm³/mol. The molecule has 4 N–H and O–H groups in total. The number of aryl methyl sites for hydroxylation is 1. The van der Waals surface area contributed by atoms with Crippen LogP contribution in [-0.2, 0) is 22.6 Å². The van der Waals surface area contributed by atoms with Gasteiger partial charge in [-0.25, -0.2) is 4.79 Å². The largest absolute Gasteiger partial charge is 0.480 e. The molecule has 3 aromatic rings. The number of carboxylic acid groups (broad SMARTS) is 1. The Hall–Kier alpha value is -2.77. The number of rotatable bonds is 9. The zero-order chi connectivity index (χ0) is 20.8. The second-order valence-electron chi connectivity index (χ2n) is 7.06. The number of thiol groups is 1. The third kappa shape index (κ3) is 5.40. The van der Waals surface area contributed by atoms with Crippen LogP contribution in [0.5, 0.6) is 0 Å². The van der Waals surface area contributed by atoms with Crippen LogP contribution in [0, 0.1) is 6.92 Å². The lowest BCUT2D eigenvalue weighted by Gasteiger charge is -2.20. The number of aromatic nitrogens is 1. The molecule has 2 atom stereocenters. The number of fused-ring (bicyclic) bond motifs is 1. The van der Waals surface area contributed by atoms with Gasteiger partial charge in [-0.3, -0.25) is 4.79 Å². The van der Waals surface area contributed by atoms with Crippen molar-refractivity contribution in [2.24, 2.45) is 0 Å². The topological polar surface area (TPSA) is 94.2 Å². The minimum Gasteiger partial charge on any atom is -0.480 e. The number of benzene rings is 2. The summed E-state index contributed by atoms with van der Waals surface area (Å²) in [6.45, 7) is 2.51. The fraction of sp³-hybridized carbons (Fsp3) is 0.273. The Labute approximate surface area is 175 Å². The standard InChI is InChI=1S/C22H25N3O3S/c1-14-6-8-15(9-7-14)11-23-20(13-29)21(26)25-19(22(27)28)10-16-12-24-18-5-3-2-4-17(16)18/h2-9,12,19-20,23-24,29H,10-11,13H2,1H3,(H,25,26)(H,27,28)/t19?,20-/m0/s1. The molecule has 0 spiro atoms. The summed E-state index contributed by atoms with van der Waals surface area (Å²) in [6.07, 6.45) is 1.99. The van der Waals surface area contributed by atoms with Crippen LogP contribution in [0.4, 0.5) is 0 Å². The van der Waals surface area contributed by atoms with Gasteiger partial charge < -0.3 is 20.7 Å². The fourth-order valence-electron chi connectivity index (χ4n) is 3.18. The van der Waals surface area contributed by atoms with Crippen molar-refractivity contribution in [3.8, 4) is 0 Å². The predicted octanol–water partition coefficient (Wildman–Crippen LogP) is 2.68. The molecular weight excluding hydrogens is 386 g/mol. The van der Waals surface area contributed by atoms with Crippen LogP contribution < -0.4 is 10.6 Å². The van der Waals surface area contributed by atoms with E-state index in [1.165, 1.54) is 5.56 Å². The Morgan fingerprint density at radius 3 is 2.52 bits per heavy atom. The lowest BCUT2D eigenvalue weighted by molar-refractivity contribution is -0.142. The molecule has 0 aliphatic carbocycles. The number of carbonyl (C=O) groups is 2. The van der Waals surface area contributed by atoms with E-state index in [9.17, 15) is 14.7 Å². The number of hydrogen-bond acceptors (Lipinski definition) is 4. The monoisotopic (exact) mass is 411 g/mol. The molecule has 0 saturated heterocycles. The number of amides is 1. The molecule has 7 heteroatoms. The Balaban J connectivity index is 1.64. The molecule has 0 aliphatic heterocycles. The highest BCUT2D eigenvalue weighted by Gasteiger charge is 2.25. The van der Waals surface area contributed by atoms with Gasteiger partial charge in [0.15, 0.2) is 0 Å². The van der Waals surface area contributed by atoms with E-state index < -0.39 is 18.1 Å². The highest BCUT2D eigenvalue weighted by molar-refractivity contribution is 7.80. The van der Waals surface area contributed by atoms with Crippen molar-refractivity contribution >= 4 is 35.4 Å². The summed E-state index contributed by atoms with van der Waals surface area (Å²) in [7, 11) is 0. The molecule has 0 saturated carbocycles. The van der Waals surface area contributed by atoms with E-state index >= 15 is 0 Å². The number of para-hydroxylation sites is 1. The summed E-state index contributed by atoms with van der Waals surface area (Å²) in [5.41, 5.74) is 4.00. The van der Waals surface area contributed by atoms with E-state index in [1.54, 1.807) is 6.20 Å². The lowest BCUT2D eigenvalue weighted by Crippen LogP contribution is -2.51. The van der Waals surface area contributed by atoms with E-state index in [4.69, 9.17) is 0 Å². The summed E-state index contributed by atoms with van der Waals surface area (Å²) < 4.78 is 0. The first-order chi connectivity index (χ1) is 14.0. The molecule has 6 nitrogen and oxygen atoms in total. The van der Waals surface area contributed by atoms with Crippen molar-refractivity contribution in [2.75, 3.05) is 5.75 Å². The number of carbonyl (C=O) groups excluding carboxylic acids is 1. The first kappa shape index (κ1) is 21.0. The van der Waals surface area contributed by atoms with E-state index in [0.29, 0.717) is 6.54 Å². The number of aromatic amines is 1. The van der Waals surface area contributed by atoms with Crippen LogP contribution in [-0.4, -0.2) is 39.8 Å². The molecular formula is C22H25N3O3S. The normalized spacial score (nSPS) is 13.2. The smallest absolute Gasteiger partial charge is 0.326 e. The fourth-order valence-corrected chi connectivity index (χ4v) is 3.47. The molecule has 2 aromatic carbocycles. The molecule has 29 heavy (non-hydrogen) atoms. The van der Waals surface area contributed by atoms with Crippen molar-refractivity contribution in [2.45, 2.75) is 32.0 Å². The van der Waals surface area contributed by atoms with Crippen molar-refractivity contribution in [3.63, 3.8) is 0 Å². The Morgan fingerprint density at radius 1 is 1.10 bits per heavy atom. The average Bonchev–Trinajstić information content (AvgIpc) is 3.12. The molecule has 0 bridgehead atoms. The summed E-state index contributed by atoms with van der Waals surface area (Å²) in [5, 5.41) is 16.4. The van der Waals surface area contributed by atoms with Crippen LogP contribution in [0.25, 0.3) is 10.9 Å². The number of carboxylic acids is 1. The first-order valence-electron chi connectivity index (χ1n) is 9.46. The van der Waals surface area contributed by atoms with Gasteiger partial charge in [0.25, 0.3) is 0 Å². The van der Waals surface area contributed by atoms with Crippen molar-refractivity contribution in [1.82, 2.24) is 15.6 Å². The van der Waals surface area contributed by atoms with Crippen LogP contribution in [0.3, 0.4) is 0 Å². The van der Waals surface area contributed by atoms with Crippen molar-refractivity contribution < 1.29 is 14.7 Å². The van der Waals surface area contributed by atoms with Gasteiger partial charge in [0.05, 0.1) is 6.04 Å². The van der Waals surface area contributed by atoms with Crippen LogP contribution in [0.15, 0.2) is 54.7 Å². The quantitative estimate of drug-likeness (QED) is 0.350. The molecule has 152 valence electrons. The SMILES string of the molecule is Cc1ccc(CN[C@@H](CS)C(=O)NC(Cc2c[nH]c3ccccc23)C(=O)O)cc1. The number of nitrogens with one attached hydrogen (secondary N) is 3. The summed E-state index contributed by atoms with van der Waals surface area (Å²) in [4.78, 5) is 27.5. The van der Waals surface area contributed by atoms with Crippen molar-refractivity contribution in [3.05, 3.63) is 71.4 Å². The Bertz CT molecular complexity index is 984. The van der Waals surface area contributed by atoms with Crippen LogP contribution in [0.2, 0.25) is 0 Å². The molecule has 0 fully saturated rings. The van der Waals surface area contributed by atoms with Gasteiger partial charge in [0.2, 0.25) is 5.91 Å². The minimum absolute atomic E-state index is 0.197. The van der Waals surface area contributed by atoms with Gasteiger partial charge in [-0.1, -0.05) is 48.0 Å². The number of H-pyrrole nitrogens is 1. The maximum absolute atomic E-state index is 12.7. The van der Waals surface area contributed by atoms with E-state index in [0.717, 1.165) is 22.0 Å². The van der Waals surface area contributed by atoms with Gasteiger partial charge in [-0.05, 0) is 24.1 Å². The van der Waals surface area contributed by atoms with Crippen LogP contribution >= 0.6 is 12.6 Å². The zero-order valence-corrected chi connectivity index (χ0v) is 17.1. The highest BCUT2D eigenvalue weighted by atomic mass is 32.1. The van der Waals surface area contributed by atoms with E-state index in [1.807, 2.05) is 55.5 Å². The third-order valence-electron chi connectivity index (χ3n) is 4.89. The third-order valence-corrected chi connectivity index (χ3v) is 5.25. The van der Waals surface area contributed by atoms with Gasteiger partial charge in [0.1, 0.15) is 6.04 Å². The maximum atomic E-state index is 12.7. The average molecular weight is 412 g/mol.